The summed E-state index contributed by atoms with van der Waals surface area (Å²) in [7, 11) is 1.62. The minimum Gasteiger partial charge on any atom is -0.496 e. The molecule has 2 aromatic carbocycles. The first-order chi connectivity index (χ1) is 15.1. The van der Waals surface area contributed by atoms with Gasteiger partial charge in [0, 0.05) is 22.6 Å². The van der Waals surface area contributed by atoms with Crippen LogP contribution in [0.4, 0.5) is 0 Å². The summed E-state index contributed by atoms with van der Waals surface area (Å²) in [6.45, 7) is 0. The van der Waals surface area contributed by atoms with Crippen LogP contribution in [0.3, 0.4) is 0 Å². The standard InChI is InChI=1S/C21H19ClN4O2S3/c1-28-18-7-3-2-5-16(18)6-4-12-23-24-19(27)14-30-21-26-25-20(31-21)29-13-15-8-10-17(22)11-9-15/h2-12H,13-14H2,1H3,(H,24,27)/b6-4+,23-12+. The van der Waals surface area contributed by atoms with E-state index in [-0.39, 0.29) is 11.7 Å². The number of nitrogens with one attached hydrogen (secondary N) is 1. The monoisotopic (exact) mass is 490 g/mol. The van der Waals surface area contributed by atoms with Crippen LogP contribution in [0, 0.1) is 0 Å². The fraction of sp³-hybridized carbons (Fsp3) is 0.143. The number of carbonyl (C=O) groups excluding carboxylic acids is 1. The SMILES string of the molecule is COc1ccccc1/C=C/C=N/NC(=O)CSc1nnc(SCc2ccc(Cl)cc2)s1. The summed E-state index contributed by atoms with van der Waals surface area (Å²) in [5, 5.41) is 12.9. The number of amides is 1. The molecule has 3 rings (SSSR count). The van der Waals surface area contributed by atoms with E-state index in [9.17, 15) is 4.79 Å². The first kappa shape index (κ1) is 23.3. The lowest BCUT2D eigenvalue weighted by Gasteiger charge is -2.02. The van der Waals surface area contributed by atoms with Gasteiger partial charge < -0.3 is 4.74 Å². The quantitative estimate of drug-likeness (QED) is 0.233. The van der Waals surface area contributed by atoms with Gasteiger partial charge in [-0.05, 0) is 35.9 Å². The molecule has 6 nitrogen and oxygen atoms in total. The highest BCUT2D eigenvalue weighted by atomic mass is 35.5. The Bertz CT molecular complexity index is 1050. The van der Waals surface area contributed by atoms with Gasteiger partial charge in [0.2, 0.25) is 0 Å². The maximum absolute atomic E-state index is 11.9. The molecule has 0 atom stereocenters. The van der Waals surface area contributed by atoms with E-state index in [0.717, 1.165) is 36.3 Å². The molecule has 1 aromatic heterocycles. The Morgan fingerprint density at radius 3 is 2.68 bits per heavy atom. The number of benzene rings is 2. The molecule has 1 N–H and O–H groups in total. The highest BCUT2D eigenvalue weighted by molar-refractivity contribution is 8.03. The van der Waals surface area contributed by atoms with Crippen molar-refractivity contribution >= 4 is 64.7 Å². The van der Waals surface area contributed by atoms with Gasteiger partial charge in [0.05, 0.1) is 12.9 Å². The number of para-hydroxylation sites is 1. The van der Waals surface area contributed by atoms with E-state index in [1.54, 1.807) is 24.9 Å². The number of hydrogen-bond acceptors (Lipinski definition) is 8. The smallest absolute Gasteiger partial charge is 0.250 e. The molecular weight excluding hydrogens is 472 g/mol. The third-order valence-electron chi connectivity index (χ3n) is 3.75. The van der Waals surface area contributed by atoms with Crippen molar-refractivity contribution in [3.63, 3.8) is 0 Å². The highest BCUT2D eigenvalue weighted by Gasteiger charge is 2.08. The molecule has 0 fully saturated rings. The van der Waals surface area contributed by atoms with Gasteiger partial charge in [0.25, 0.3) is 5.91 Å². The van der Waals surface area contributed by atoms with E-state index in [1.165, 1.54) is 29.3 Å². The number of rotatable bonds is 10. The Balaban J connectivity index is 1.38. The Morgan fingerprint density at radius 2 is 1.90 bits per heavy atom. The number of nitrogens with zero attached hydrogens (tertiary/aromatic N) is 3. The van der Waals surface area contributed by atoms with Gasteiger partial charge in [0.15, 0.2) is 8.68 Å². The number of thioether (sulfide) groups is 2. The largest absolute Gasteiger partial charge is 0.496 e. The van der Waals surface area contributed by atoms with E-state index >= 15 is 0 Å². The number of hydrogen-bond donors (Lipinski definition) is 1. The lowest BCUT2D eigenvalue weighted by atomic mass is 10.2. The summed E-state index contributed by atoms with van der Waals surface area (Å²) >= 11 is 10.3. The second-order valence-corrected chi connectivity index (χ2v) is 9.81. The van der Waals surface area contributed by atoms with Gasteiger partial charge >= 0.3 is 0 Å². The van der Waals surface area contributed by atoms with E-state index < -0.39 is 0 Å². The minimum atomic E-state index is -0.211. The third kappa shape index (κ3) is 8.02. The second kappa shape index (κ2) is 12.5. The van der Waals surface area contributed by atoms with Crippen molar-refractivity contribution in [2.75, 3.05) is 12.9 Å². The molecule has 0 bridgehead atoms. The zero-order valence-corrected chi connectivity index (χ0v) is 19.7. The molecule has 0 saturated carbocycles. The van der Waals surface area contributed by atoms with Crippen LogP contribution in [0.25, 0.3) is 6.08 Å². The number of allylic oxidation sites excluding steroid dienone is 1. The fourth-order valence-corrected chi connectivity index (χ4v) is 5.20. The number of carbonyl (C=O) groups is 1. The molecule has 1 heterocycles. The Kier molecular flexibility index (Phi) is 9.41. The third-order valence-corrected chi connectivity index (χ3v) is 7.27. The van der Waals surface area contributed by atoms with Gasteiger partial charge in [-0.3, -0.25) is 4.79 Å². The van der Waals surface area contributed by atoms with Crippen LogP contribution >= 0.6 is 46.5 Å². The van der Waals surface area contributed by atoms with Crippen LogP contribution in [0.5, 0.6) is 5.75 Å². The zero-order chi connectivity index (χ0) is 21.9. The summed E-state index contributed by atoms with van der Waals surface area (Å²) in [6, 6.07) is 15.4. The lowest BCUT2D eigenvalue weighted by molar-refractivity contribution is -0.118. The van der Waals surface area contributed by atoms with E-state index in [2.05, 4.69) is 20.7 Å². The molecule has 0 unspecified atom stereocenters. The van der Waals surface area contributed by atoms with Crippen LogP contribution in [0.1, 0.15) is 11.1 Å². The molecule has 0 aliphatic carbocycles. The first-order valence-electron chi connectivity index (χ1n) is 9.09. The lowest BCUT2D eigenvalue weighted by Crippen LogP contribution is -2.19. The van der Waals surface area contributed by atoms with Crippen LogP contribution in [-0.2, 0) is 10.5 Å². The molecule has 10 heteroatoms. The maximum atomic E-state index is 11.9. The molecule has 31 heavy (non-hydrogen) atoms. The van der Waals surface area contributed by atoms with Crippen LogP contribution in [0.2, 0.25) is 5.02 Å². The maximum Gasteiger partial charge on any atom is 0.250 e. The van der Waals surface area contributed by atoms with Crippen molar-refractivity contribution in [2.24, 2.45) is 5.10 Å². The molecule has 1 amide bonds. The highest BCUT2D eigenvalue weighted by Crippen LogP contribution is 2.30. The molecule has 0 saturated heterocycles. The molecule has 0 radical (unpaired) electrons. The molecule has 0 aliphatic heterocycles. The fourth-order valence-electron chi connectivity index (χ4n) is 2.30. The predicted molar refractivity (Wildman–Crippen MR) is 130 cm³/mol. The van der Waals surface area contributed by atoms with Gasteiger partial charge in [-0.1, -0.05) is 76.8 Å². The van der Waals surface area contributed by atoms with Crippen LogP contribution in [-0.4, -0.2) is 35.2 Å². The van der Waals surface area contributed by atoms with Crippen molar-refractivity contribution in [1.82, 2.24) is 15.6 Å². The van der Waals surface area contributed by atoms with Crippen LogP contribution in [0.15, 0.2) is 68.4 Å². The summed E-state index contributed by atoms with van der Waals surface area (Å²) in [5.74, 6) is 1.56. The summed E-state index contributed by atoms with van der Waals surface area (Å²) < 4.78 is 6.88. The summed E-state index contributed by atoms with van der Waals surface area (Å²) in [4.78, 5) is 11.9. The number of hydrazone groups is 1. The predicted octanol–water partition coefficient (Wildman–Crippen LogP) is 5.40. The number of halogens is 1. The van der Waals surface area contributed by atoms with E-state index in [0.29, 0.717) is 0 Å². The number of methoxy groups -OCH3 is 1. The van der Waals surface area contributed by atoms with E-state index in [1.807, 2.05) is 54.6 Å². The first-order valence-corrected chi connectivity index (χ1v) is 12.3. The van der Waals surface area contributed by atoms with Gasteiger partial charge in [0.1, 0.15) is 5.75 Å². The molecular formula is C21H19ClN4O2S3. The van der Waals surface area contributed by atoms with Crippen LogP contribution < -0.4 is 10.2 Å². The van der Waals surface area contributed by atoms with Gasteiger partial charge in [-0.2, -0.15) is 5.10 Å². The molecule has 0 spiro atoms. The Morgan fingerprint density at radius 1 is 1.16 bits per heavy atom. The normalized spacial score (nSPS) is 11.3. The van der Waals surface area contributed by atoms with Crippen molar-refractivity contribution in [1.29, 1.82) is 0 Å². The Labute approximate surface area is 198 Å². The molecule has 160 valence electrons. The topological polar surface area (TPSA) is 76.5 Å². The van der Waals surface area contributed by atoms with Crippen molar-refractivity contribution in [3.8, 4) is 5.75 Å². The molecule has 0 aliphatic rings. The minimum absolute atomic E-state index is 0.211. The van der Waals surface area contributed by atoms with Gasteiger partial charge in [-0.25, -0.2) is 5.43 Å². The number of aromatic nitrogens is 2. The average molecular weight is 491 g/mol. The second-order valence-electron chi connectivity index (χ2n) is 5.95. The van der Waals surface area contributed by atoms with Gasteiger partial charge in [-0.15, -0.1) is 10.2 Å². The molecule has 3 aromatic rings. The van der Waals surface area contributed by atoms with E-state index in [4.69, 9.17) is 16.3 Å². The van der Waals surface area contributed by atoms with Crippen molar-refractivity contribution in [2.45, 2.75) is 14.4 Å². The summed E-state index contributed by atoms with van der Waals surface area (Å²) in [5.41, 5.74) is 4.59. The van der Waals surface area contributed by atoms with Crippen molar-refractivity contribution in [3.05, 3.63) is 70.8 Å². The zero-order valence-electron chi connectivity index (χ0n) is 16.5. The number of ether oxygens (including phenoxy) is 1. The average Bonchev–Trinajstić information content (AvgIpc) is 3.25. The summed E-state index contributed by atoms with van der Waals surface area (Å²) in [6.07, 6.45) is 5.11. The Hall–Kier alpha value is -2.33. The van der Waals surface area contributed by atoms with Crippen molar-refractivity contribution < 1.29 is 9.53 Å².